The molecule has 0 aliphatic rings. The molecule has 0 fully saturated rings. The van der Waals surface area contributed by atoms with E-state index in [-0.39, 0.29) is 5.56 Å². The normalized spacial score (nSPS) is 13.4. The standard InChI is InChI=1S/C12H15F4N/c1-2-7-17-10(12(15)16)8-3-5-9(6-4-8)11(13)14/h3-6,10-12,17H,2,7H2,1H3. The molecule has 1 rings (SSSR count). The first-order chi connectivity index (χ1) is 8.06. The van der Waals surface area contributed by atoms with Gasteiger partial charge >= 0.3 is 0 Å². The average molecular weight is 249 g/mol. The Morgan fingerprint density at radius 2 is 1.53 bits per heavy atom. The molecule has 1 atom stereocenters. The van der Waals surface area contributed by atoms with Crippen molar-refractivity contribution in [3.63, 3.8) is 0 Å². The molecule has 0 aliphatic heterocycles. The average Bonchev–Trinajstić information content (AvgIpc) is 2.29. The van der Waals surface area contributed by atoms with E-state index in [0.717, 1.165) is 6.42 Å². The first-order valence-corrected chi connectivity index (χ1v) is 5.45. The molecule has 1 nitrogen and oxygen atoms in total. The maximum Gasteiger partial charge on any atom is 0.263 e. The molecule has 0 aliphatic carbocycles. The van der Waals surface area contributed by atoms with Gasteiger partial charge in [-0.25, -0.2) is 17.6 Å². The summed E-state index contributed by atoms with van der Waals surface area (Å²) in [7, 11) is 0. The van der Waals surface area contributed by atoms with Crippen LogP contribution in [0.4, 0.5) is 17.6 Å². The summed E-state index contributed by atoms with van der Waals surface area (Å²) in [6, 6.07) is 3.91. The first-order valence-electron chi connectivity index (χ1n) is 5.45. The molecule has 1 unspecified atom stereocenters. The predicted molar refractivity (Wildman–Crippen MR) is 58.4 cm³/mol. The monoisotopic (exact) mass is 249 g/mol. The van der Waals surface area contributed by atoms with Gasteiger partial charge in [-0.2, -0.15) is 0 Å². The second-order valence-corrected chi connectivity index (χ2v) is 3.73. The Kier molecular flexibility index (Phi) is 5.41. The molecule has 17 heavy (non-hydrogen) atoms. The third kappa shape index (κ3) is 4.00. The summed E-state index contributed by atoms with van der Waals surface area (Å²) in [5.41, 5.74) is 0.176. The van der Waals surface area contributed by atoms with Gasteiger partial charge in [0.05, 0.1) is 6.04 Å². The van der Waals surface area contributed by atoms with E-state index < -0.39 is 18.9 Å². The highest BCUT2D eigenvalue weighted by atomic mass is 19.3. The lowest BCUT2D eigenvalue weighted by Gasteiger charge is -2.18. The van der Waals surface area contributed by atoms with E-state index in [9.17, 15) is 17.6 Å². The van der Waals surface area contributed by atoms with Crippen LogP contribution in [0.5, 0.6) is 0 Å². The summed E-state index contributed by atoms with van der Waals surface area (Å²) >= 11 is 0. The van der Waals surface area contributed by atoms with Crippen molar-refractivity contribution in [2.45, 2.75) is 32.2 Å². The summed E-state index contributed by atoms with van der Waals surface area (Å²) < 4.78 is 50.1. The van der Waals surface area contributed by atoms with E-state index in [1.54, 1.807) is 0 Å². The Bertz CT molecular complexity index is 324. The van der Waals surface area contributed by atoms with Crippen LogP contribution in [0.25, 0.3) is 0 Å². The van der Waals surface area contributed by atoms with Gasteiger partial charge in [-0.15, -0.1) is 0 Å². The number of benzene rings is 1. The molecule has 1 aromatic carbocycles. The van der Waals surface area contributed by atoms with E-state index in [0.29, 0.717) is 12.1 Å². The van der Waals surface area contributed by atoms with Crippen LogP contribution in [0.15, 0.2) is 24.3 Å². The number of hydrogen-bond acceptors (Lipinski definition) is 1. The molecule has 1 N–H and O–H groups in total. The van der Waals surface area contributed by atoms with Gasteiger partial charge in [0.25, 0.3) is 12.9 Å². The zero-order valence-corrected chi connectivity index (χ0v) is 9.47. The Morgan fingerprint density at radius 1 is 1.00 bits per heavy atom. The number of rotatable bonds is 6. The van der Waals surface area contributed by atoms with E-state index >= 15 is 0 Å². The molecule has 0 heterocycles. The van der Waals surface area contributed by atoms with Crippen LogP contribution < -0.4 is 5.32 Å². The largest absolute Gasteiger partial charge is 0.305 e. The maximum absolute atomic E-state index is 12.8. The number of nitrogens with one attached hydrogen (secondary N) is 1. The lowest BCUT2D eigenvalue weighted by Crippen LogP contribution is -2.27. The van der Waals surface area contributed by atoms with E-state index in [1.165, 1.54) is 24.3 Å². The topological polar surface area (TPSA) is 12.0 Å². The second kappa shape index (κ2) is 6.59. The molecule has 1 aromatic rings. The fraction of sp³-hybridized carbons (Fsp3) is 0.500. The quantitative estimate of drug-likeness (QED) is 0.753. The molecule has 96 valence electrons. The molecule has 0 saturated heterocycles. The lowest BCUT2D eigenvalue weighted by molar-refractivity contribution is 0.0984. The van der Waals surface area contributed by atoms with Crippen LogP contribution in [0, 0.1) is 0 Å². The molecule has 0 bridgehead atoms. The fourth-order valence-electron chi connectivity index (χ4n) is 1.50. The van der Waals surface area contributed by atoms with Crippen LogP contribution in [-0.2, 0) is 0 Å². The Hall–Kier alpha value is -1.10. The highest BCUT2D eigenvalue weighted by molar-refractivity contribution is 5.26. The number of hydrogen-bond donors (Lipinski definition) is 1. The lowest BCUT2D eigenvalue weighted by atomic mass is 10.1. The van der Waals surface area contributed by atoms with Crippen molar-refractivity contribution in [3.05, 3.63) is 35.4 Å². The highest BCUT2D eigenvalue weighted by Crippen LogP contribution is 2.24. The summed E-state index contributed by atoms with van der Waals surface area (Å²) in [6.45, 7) is 2.33. The minimum absolute atomic E-state index is 0.155. The SMILES string of the molecule is CCCNC(c1ccc(C(F)F)cc1)C(F)F. The molecule has 0 saturated carbocycles. The zero-order chi connectivity index (χ0) is 12.8. The molecule has 0 amide bonds. The summed E-state index contributed by atoms with van der Waals surface area (Å²) in [6.07, 6.45) is -4.39. The Morgan fingerprint density at radius 3 is 1.94 bits per heavy atom. The zero-order valence-electron chi connectivity index (χ0n) is 9.47. The van der Waals surface area contributed by atoms with Crippen molar-refractivity contribution >= 4 is 0 Å². The molecule has 0 radical (unpaired) electrons. The number of alkyl halides is 4. The van der Waals surface area contributed by atoms with Crippen molar-refractivity contribution < 1.29 is 17.6 Å². The van der Waals surface area contributed by atoms with Gasteiger partial charge in [0.2, 0.25) is 0 Å². The number of halogens is 4. The van der Waals surface area contributed by atoms with E-state index in [4.69, 9.17) is 0 Å². The van der Waals surface area contributed by atoms with Gasteiger partial charge in [0, 0.05) is 5.56 Å². The van der Waals surface area contributed by atoms with Gasteiger partial charge < -0.3 is 5.32 Å². The third-order valence-corrected chi connectivity index (χ3v) is 2.41. The first kappa shape index (κ1) is 14.0. The van der Waals surface area contributed by atoms with E-state index in [1.807, 2.05) is 6.92 Å². The highest BCUT2D eigenvalue weighted by Gasteiger charge is 2.21. The molecular formula is C12H15F4N. The summed E-state index contributed by atoms with van der Waals surface area (Å²) in [4.78, 5) is 0. The van der Waals surface area contributed by atoms with E-state index in [2.05, 4.69) is 5.32 Å². The van der Waals surface area contributed by atoms with Crippen LogP contribution in [-0.4, -0.2) is 13.0 Å². The van der Waals surface area contributed by atoms with Gasteiger partial charge in [-0.3, -0.25) is 0 Å². The second-order valence-electron chi connectivity index (χ2n) is 3.73. The van der Waals surface area contributed by atoms with Crippen molar-refractivity contribution in [1.82, 2.24) is 5.32 Å². The fourth-order valence-corrected chi connectivity index (χ4v) is 1.50. The summed E-state index contributed by atoms with van der Waals surface area (Å²) in [5, 5.41) is 2.70. The molecule has 5 heteroatoms. The molecule has 0 aromatic heterocycles. The van der Waals surface area contributed by atoms with Crippen molar-refractivity contribution in [2.75, 3.05) is 6.54 Å². The minimum atomic E-state index is -2.57. The predicted octanol–water partition coefficient (Wildman–Crippen LogP) is 3.93. The van der Waals surface area contributed by atoms with Crippen LogP contribution >= 0.6 is 0 Å². The third-order valence-electron chi connectivity index (χ3n) is 2.41. The Labute approximate surface area is 97.8 Å². The van der Waals surface area contributed by atoms with Gasteiger partial charge in [0.1, 0.15) is 0 Å². The minimum Gasteiger partial charge on any atom is -0.305 e. The van der Waals surface area contributed by atoms with Gasteiger partial charge in [0.15, 0.2) is 0 Å². The van der Waals surface area contributed by atoms with Crippen LogP contribution in [0.2, 0.25) is 0 Å². The van der Waals surface area contributed by atoms with Crippen molar-refractivity contribution in [1.29, 1.82) is 0 Å². The maximum atomic E-state index is 12.8. The van der Waals surface area contributed by atoms with Crippen molar-refractivity contribution in [2.24, 2.45) is 0 Å². The summed E-state index contributed by atoms with van der Waals surface area (Å²) in [5.74, 6) is 0. The molecular weight excluding hydrogens is 234 g/mol. The van der Waals surface area contributed by atoms with Crippen molar-refractivity contribution in [3.8, 4) is 0 Å². The van der Waals surface area contributed by atoms with Gasteiger partial charge in [-0.1, -0.05) is 31.2 Å². The smallest absolute Gasteiger partial charge is 0.263 e. The molecule has 0 spiro atoms. The van der Waals surface area contributed by atoms with Crippen LogP contribution in [0.3, 0.4) is 0 Å². The Balaban J connectivity index is 2.80. The van der Waals surface area contributed by atoms with Crippen LogP contribution in [0.1, 0.15) is 36.9 Å². The van der Waals surface area contributed by atoms with Gasteiger partial charge in [-0.05, 0) is 18.5 Å².